The maximum atomic E-state index is 12.3. The third kappa shape index (κ3) is 2.71. The Bertz CT molecular complexity index is 402. The molecule has 0 aliphatic heterocycles. The van der Waals surface area contributed by atoms with Crippen molar-refractivity contribution in [3.8, 4) is 0 Å². The monoisotopic (exact) mass is 232 g/mol. The molecule has 0 N–H and O–H groups in total. The van der Waals surface area contributed by atoms with E-state index in [2.05, 4.69) is 6.92 Å². The molecule has 0 saturated carbocycles. The summed E-state index contributed by atoms with van der Waals surface area (Å²) in [5.41, 5.74) is -1.24. The van der Waals surface area contributed by atoms with Crippen molar-refractivity contribution in [1.29, 1.82) is 0 Å². The second-order valence-electron chi connectivity index (χ2n) is 3.20. The van der Waals surface area contributed by atoms with Crippen LogP contribution in [0.5, 0.6) is 0 Å². The predicted octanol–water partition coefficient (Wildman–Crippen LogP) is 3.38. The normalized spacial score (nSPS) is 11.5. The number of nitro groups is 1. The van der Waals surface area contributed by atoms with Gasteiger partial charge in [-0.2, -0.15) is 13.2 Å². The average Bonchev–Trinajstić information content (AvgIpc) is 2.16. The number of rotatable bonds is 3. The maximum Gasteiger partial charge on any atom is 0.416 e. The highest BCUT2D eigenvalue weighted by molar-refractivity contribution is 5.44. The maximum absolute atomic E-state index is 12.3. The van der Waals surface area contributed by atoms with Gasteiger partial charge in [-0.05, 0) is 18.9 Å². The van der Waals surface area contributed by atoms with Gasteiger partial charge in [0.15, 0.2) is 0 Å². The Kier molecular flexibility index (Phi) is 3.51. The number of hydrogen-bond acceptors (Lipinski definition) is 2. The van der Waals surface area contributed by atoms with Gasteiger partial charge in [-0.25, -0.2) is 0 Å². The summed E-state index contributed by atoms with van der Waals surface area (Å²) < 4.78 is 36.9. The first-order valence-corrected chi connectivity index (χ1v) is 4.50. The van der Waals surface area contributed by atoms with Gasteiger partial charge in [0.1, 0.15) is 0 Å². The third-order valence-corrected chi connectivity index (χ3v) is 2.06. The van der Waals surface area contributed by atoms with E-state index in [1.165, 1.54) is 0 Å². The summed E-state index contributed by atoms with van der Waals surface area (Å²) in [5, 5.41) is 10.6. The fourth-order valence-corrected chi connectivity index (χ4v) is 1.31. The molecule has 0 saturated heterocycles. The van der Waals surface area contributed by atoms with Crippen molar-refractivity contribution in [2.45, 2.75) is 19.0 Å². The van der Waals surface area contributed by atoms with Gasteiger partial charge < -0.3 is 0 Å². The Balaban J connectivity index is 3.23. The third-order valence-electron chi connectivity index (χ3n) is 2.06. The van der Waals surface area contributed by atoms with E-state index < -0.39 is 22.4 Å². The molecule has 1 aromatic carbocycles. The minimum atomic E-state index is -4.56. The molecule has 87 valence electrons. The summed E-state index contributed by atoms with van der Waals surface area (Å²) in [6, 6.07) is 2.54. The molecule has 1 rings (SSSR count). The zero-order valence-corrected chi connectivity index (χ0v) is 8.25. The van der Waals surface area contributed by atoms with Gasteiger partial charge in [0.25, 0.3) is 5.69 Å². The molecule has 0 spiro atoms. The molecule has 0 bridgehead atoms. The van der Waals surface area contributed by atoms with E-state index in [1.54, 1.807) is 0 Å². The Morgan fingerprint density at radius 1 is 1.38 bits per heavy atom. The van der Waals surface area contributed by atoms with Crippen LogP contribution in [-0.4, -0.2) is 4.92 Å². The van der Waals surface area contributed by atoms with E-state index >= 15 is 0 Å². The number of benzene rings is 1. The number of alkyl halides is 3. The van der Waals surface area contributed by atoms with Gasteiger partial charge >= 0.3 is 6.18 Å². The van der Waals surface area contributed by atoms with Gasteiger partial charge in [0.05, 0.1) is 10.5 Å². The van der Waals surface area contributed by atoms with Crippen LogP contribution in [0.25, 0.3) is 0 Å². The molecule has 0 unspecified atom stereocenters. The van der Waals surface area contributed by atoms with Gasteiger partial charge in [0, 0.05) is 11.6 Å². The second kappa shape index (κ2) is 4.51. The van der Waals surface area contributed by atoms with Gasteiger partial charge in [-0.1, -0.05) is 13.0 Å². The van der Waals surface area contributed by atoms with Gasteiger partial charge in [0.2, 0.25) is 0 Å². The van der Waals surface area contributed by atoms with Crippen LogP contribution >= 0.6 is 0 Å². The second-order valence-corrected chi connectivity index (χ2v) is 3.20. The first-order valence-electron chi connectivity index (χ1n) is 4.50. The van der Waals surface area contributed by atoms with Crippen LogP contribution in [0.2, 0.25) is 0 Å². The van der Waals surface area contributed by atoms with E-state index in [9.17, 15) is 23.3 Å². The van der Waals surface area contributed by atoms with E-state index in [-0.39, 0.29) is 12.0 Å². The molecule has 0 atom stereocenters. The lowest BCUT2D eigenvalue weighted by Crippen LogP contribution is -2.06. The molecule has 3 nitrogen and oxygen atoms in total. The molecule has 1 aromatic rings. The van der Waals surface area contributed by atoms with E-state index in [0.717, 1.165) is 12.1 Å². The number of hydrogen-bond donors (Lipinski definition) is 0. The summed E-state index contributed by atoms with van der Waals surface area (Å²) in [7, 11) is 0. The highest BCUT2D eigenvalue weighted by atomic mass is 19.4. The van der Waals surface area contributed by atoms with Crippen molar-refractivity contribution in [2.24, 2.45) is 0 Å². The van der Waals surface area contributed by atoms with Crippen LogP contribution < -0.4 is 0 Å². The summed E-state index contributed by atoms with van der Waals surface area (Å²) in [4.78, 5) is 9.79. The van der Waals surface area contributed by atoms with Crippen molar-refractivity contribution in [2.75, 3.05) is 0 Å². The largest absolute Gasteiger partial charge is 0.416 e. The lowest BCUT2D eigenvalue weighted by molar-refractivity contribution is -0.385. The Morgan fingerprint density at radius 3 is 2.44 bits per heavy atom. The minimum Gasteiger partial charge on any atom is -0.258 e. The van der Waals surface area contributed by atoms with E-state index in [4.69, 9.17) is 0 Å². The molecule has 1 radical (unpaired) electrons. The topological polar surface area (TPSA) is 43.1 Å². The van der Waals surface area contributed by atoms with Crippen molar-refractivity contribution in [1.82, 2.24) is 0 Å². The zero-order valence-electron chi connectivity index (χ0n) is 8.25. The first kappa shape index (κ1) is 12.5. The molecule has 0 aliphatic rings. The Morgan fingerprint density at radius 2 is 2.00 bits per heavy atom. The molecule has 0 aliphatic carbocycles. The standard InChI is InChI=1S/C10H9F3NO2/c1-2-3-7-4-5-8(10(11,12)13)6-9(7)14(15)16/h4-6H,1-3H2. The first-order chi connectivity index (χ1) is 7.36. The fourth-order valence-electron chi connectivity index (χ4n) is 1.31. The van der Waals surface area contributed by atoms with Crippen molar-refractivity contribution in [3.05, 3.63) is 46.4 Å². The molecular formula is C10H9F3NO2. The highest BCUT2D eigenvalue weighted by Crippen LogP contribution is 2.33. The summed E-state index contributed by atoms with van der Waals surface area (Å²) in [6.45, 7) is 3.51. The molecule has 0 fully saturated rings. The number of aryl methyl sites for hydroxylation is 1. The van der Waals surface area contributed by atoms with Gasteiger partial charge in [-0.15, -0.1) is 0 Å². The number of halogens is 3. The molecule has 0 amide bonds. The lowest BCUT2D eigenvalue weighted by Gasteiger charge is -2.08. The SMILES string of the molecule is [CH2]CCc1ccc(C(F)(F)F)cc1[N+](=O)[O-]. The Labute approximate surface area is 90.0 Å². The Hall–Kier alpha value is -1.59. The molecule has 0 heterocycles. The number of nitrogens with zero attached hydrogens (tertiary/aromatic N) is 1. The lowest BCUT2D eigenvalue weighted by atomic mass is 10.0. The highest BCUT2D eigenvalue weighted by Gasteiger charge is 2.32. The van der Waals surface area contributed by atoms with Crippen molar-refractivity contribution in [3.63, 3.8) is 0 Å². The predicted molar refractivity (Wildman–Crippen MR) is 51.8 cm³/mol. The average molecular weight is 232 g/mol. The summed E-state index contributed by atoms with van der Waals surface area (Å²) in [6.07, 6.45) is -3.88. The van der Waals surface area contributed by atoms with Crippen molar-refractivity contribution >= 4 is 5.69 Å². The summed E-state index contributed by atoms with van der Waals surface area (Å²) >= 11 is 0. The smallest absolute Gasteiger partial charge is 0.258 e. The fraction of sp³-hybridized carbons (Fsp3) is 0.300. The van der Waals surface area contributed by atoms with Crippen LogP contribution in [0.3, 0.4) is 0 Å². The minimum absolute atomic E-state index is 0.271. The van der Waals surface area contributed by atoms with Crippen LogP contribution in [0.15, 0.2) is 18.2 Å². The quantitative estimate of drug-likeness (QED) is 0.592. The summed E-state index contributed by atoms with van der Waals surface area (Å²) in [5.74, 6) is 0. The molecular weight excluding hydrogens is 223 g/mol. The zero-order chi connectivity index (χ0) is 12.3. The van der Waals surface area contributed by atoms with Crippen LogP contribution in [0, 0.1) is 17.0 Å². The van der Waals surface area contributed by atoms with E-state index in [0.29, 0.717) is 12.5 Å². The van der Waals surface area contributed by atoms with Crippen LogP contribution in [-0.2, 0) is 12.6 Å². The molecule has 16 heavy (non-hydrogen) atoms. The van der Waals surface area contributed by atoms with Crippen LogP contribution in [0.1, 0.15) is 17.5 Å². The van der Waals surface area contributed by atoms with E-state index in [1.807, 2.05) is 0 Å². The number of nitro benzene ring substituents is 1. The van der Waals surface area contributed by atoms with Crippen LogP contribution in [0.4, 0.5) is 18.9 Å². The van der Waals surface area contributed by atoms with Crippen molar-refractivity contribution < 1.29 is 18.1 Å². The molecule has 6 heteroatoms. The van der Waals surface area contributed by atoms with Gasteiger partial charge in [-0.3, -0.25) is 10.1 Å². The molecule has 0 aromatic heterocycles.